The van der Waals surface area contributed by atoms with Crippen molar-refractivity contribution in [1.29, 1.82) is 0 Å². The Labute approximate surface area is 114 Å². The number of benzene rings is 1. The van der Waals surface area contributed by atoms with Gasteiger partial charge in [-0.05, 0) is 5.56 Å². The van der Waals surface area contributed by atoms with Gasteiger partial charge in [-0.3, -0.25) is 9.59 Å². The minimum absolute atomic E-state index is 0.242. The van der Waals surface area contributed by atoms with Crippen LogP contribution in [0.4, 0.5) is 0 Å². The van der Waals surface area contributed by atoms with Gasteiger partial charge in [0.15, 0.2) is 12.2 Å². The Hall–Kier alpha value is -2.41. The molecule has 0 aromatic heterocycles. The second kappa shape index (κ2) is 5.70. The summed E-state index contributed by atoms with van der Waals surface area (Å²) < 4.78 is 4.71. The Morgan fingerprint density at radius 3 is 2.40 bits per heavy atom. The molecule has 1 aliphatic rings. The number of aliphatic carboxylic acids is 1. The predicted molar refractivity (Wildman–Crippen MR) is 67.6 cm³/mol. The largest absolute Gasteiger partial charge is 0.479 e. The van der Waals surface area contributed by atoms with E-state index in [-0.39, 0.29) is 6.42 Å². The Morgan fingerprint density at radius 2 is 1.90 bits per heavy atom. The van der Waals surface area contributed by atoms with Crippen LogP contribution in [0.3, 0.4) is 0 Å². The molecule has 0 radical (unpaired) electrons. The predicted octanol–water partition coefficient (Wildman–Crippen LogP) is -0.949. The van der Waals surface area contributed by atoms with E-state index in [1.54, 1.807) is 24.3 Å². The van der Waals surface area contributed by atoms with Gasteiger partial charge in [-0.15, -0.1) is 0 Å². The van der Waals surface area contributed by atoms with Crippen LogP contribution in [-0.2, 0) is 25.5 Å². The fraction of sp³-hybridized carbons (Fsp3) is 0.308. The number of ether oxygens (including phenoxy) is 1. The Balaban J connectivity index is 1.95. The molecule has 0 spiro atoms. The molecule has 3 atom stereocenters. The molecule has 1 aliphatic heterocycles. The normalized spacial score (nSPS) is 21.8. The van der Waals surface area contributed by atoms with Gasteiger partial charge in [-0.25, -0.2) is 4.79 Å². The van der Waals surface area contributed by atoms with E-state index in [2.05, 4.69) is 5.32 Å². The van der Waals surface area contributed by atoms with Crippen LogP contribution in [0.5, 0.6) is 0 Å². The highest BCUT2D eigenvalue weighted by molar-refractivity contribution is 5.94. The molecular weight excluding hydrogens is 264 g/mol. The van der Waals surface area contributed by atoms with Crippen molar-refractivity contribution in [3.63, 3.8) is 0 Å². The number of hydrogen-bond donors (Lipinski definition) is 3. The third-order valence-electron chi connectivity index (χ3n) is 2.94. The van der Waals surface area contributed by atoms with Gasteiger partial charge in [-0.1, -0.05) is 30.3 Å². The van der Waals surface area contributed by atoms with Crippen LogP contribution in [-0.4, -0.2) is 41.1 Å². The average Bonchev–Trinajstić information content (AvgIpc) is 3.19. The topological polar surface area (TPSA) is 122 Å². The second-order valence-corrected chi connectivity index (χ2v) is 4.47. The van der Waals surface area contributed by atoms with Gasteiger partial charge in [0.2, 0.25) is 5.91 Å². The zero-order valence-corrected chi connectivity index (χ0v) is 10.5. The number of carbonyl (C=O) groups is 3. The maximum absolute atomic E-state index is 11.7. The third kappa shape index (κ3) is 3.33. The summed E-state index contributed by atoms with van der Waals surface area (Å²) in [4.78, 5) is 33.7. The van der Waals surface area contributed by atoms with E-state index in [1.165, 1.54) is 0 Å². The highest BCUT2D eigenvalue weighted by Crippen LogP contribution is 2.22. The van der Waals surface area contributed by atoms with Crippen LogP contribution in [0.15, 0.2) is 30.3 Å². The first-order chi connectivity index (χ1) is 9.49. The van der Waals surface area contributed by atoms with Crippen LogP contribution in [0.2, 0.25) is 0 Å². The van der Waals surface area contributed by atoms with Crippen LogP contribution < -0.4 is 11.1 Å². The van der Waals surface area contributed by atoms with E-state index in [0.29, 0.717) is 0 Å². The number of amides is 2. The van der Waals surface area contributed by atoms with Crippen molar-refractivity contribution in [2.75, 3.05) is 0 Å². The minimum atomic E-state index is -1.20. The van der Waals surface area contributed by atoms with Gasteiger partial charge < -0.3 is 20.9 Å². The van der Waals surface area contributed by atoms with Gasteiger partial charge in [-0.2, -0.15) is 0 Å². The first-order valence-corrected chi connectivity index (χ1v) is 6.01. The second-order valence-electron chi connectivity index (χ2n) is 4.47. The lowest BCUT2D eigenvalue weighted by Gasteiger charge is -2.14. The minimum Gasteiger partial charge on any atom is -0.479 e. The smallest absolute Gasteiger partial charge is 0.336 e. The summed E-state index contributed by atoms with van der Waals surface area (Å²) in [7, 11) is 0. The SMILES string of the molecule is NC(=O)C(Cc1ccccc1)NC(=O)[C@@H]1O[C@H]1C(=O)O. The van der Waals surface area contributed by atoms with Gasteiger partial charge in [0.05, 0.1) is 0 Å². The van der Waals surface area contributed by atoms with E-state index in [0.717, 1.165) is 5.56 Å². The van der Waals surface area contributed by atoms with E-state index in [9.17, 15) is 14.4 Å². The molecule has 20 heavy (non-hydrogen) atoms. The molecule has 1 saturated heterocycles. The zero-order chi connectivity index (χ0) is 14.7. The van der Waals surface area contributed by atoms with E-state index >= 15 is 0 Å². The van der Waals surface area contributed by atoms with Gasteiger partial charge in [0, 0.05) is 6.42 Å². The Kier molecular flexibility index (Phi) is 3.99. The number of nitrogens with two attached hydrogens (primary N) is 1. The summed E-state index contributed by atoms with van der Waals surface area (Å²) in [6, 6.07) is 8.14. The Morgan fingerprint density at radius 1 is 1.25 bits per heavy atom. The lowest BCUT2D eigenvalue weighted by molar-refractivity contribution is -0.138. The Bertz CT molecular complexity index is 531. The van der Waals surface area contributed by atoms with Crippen LogP contribution >= 0.6 is 0 Å². The number of carbonyl (C=O) groups excluding carboxylic acids is 2. The van der Waals surface area contributed by atoms with Crippen molar-refractivity contribution in [3.8, 4) is 0 Å². The van der Waals surface area contributed by atoms with Gasteiger partial charge in [0.1, 0.15) is 6.04 Å². The molecule has 1 aromatic carbocycles. The van der Waals surface area contributed by atoms with E-state index in [4.69, 9.17) is 15.6 Å². The highest BCUT2D eigenvalue weighted by Gasteiger charge is 2.51. The van der Waals surface area contributed by atoms with Crippen molar-refractivity contribution in [2.45, 2.75) is 24.7 Å². The molecule has 2 amide bonds. The highest BCUT2D eigenvalue weighted by atomic mass is 16.6. The molecule has 106 valence electrons. The zero-order valence-electron chi connectivity index (χ0n) is 10.5. The number of rotatable bonds is 6. The first-order valence-electron chi connectivity index (χ1n) is 6.01. The molecule has 0 bridgehead atoms. The van der Waals surface area contributed by atoms with Crippen molar-refractivity contribution < 1.29 is 24.2 Å². The molecule has 1 fully saturated rings. The standard InChI is InChI=1S/C13H14N2O5/c14-11(16)8(6-7-4-2-1-3-5-7)15-12(17)9-10(20-9)13(18)19/h1-5,8-10H,6H2,(H2,14,16)(H,15,17)(H,18,19)/t8?,9-,10-/m1/s1. The van der Waals surface area contributed by atoms with Crippen LogP contribution in [0, 0.1) is 0 Å². The molecule has 1 unspecified atom stereocenters. The molecule has 2 rings (SSSR count). The molecule has 7 heteroatoms. The third-order valence-corrected chi connectivity index (χ3v) is 2.94. The molecule has 0 aliphatic carbocycles. The number of epoxide rings is 1. The summed E-state index contributed by atoms with van der Waals surface area (Å²) in [5.41, 5.74) is 6.07. The lowest BCUT2D eigenvalue weighted by Crippen LogP contribution is -2.47. The van der Waals surface area contributed by atoms with Gasteiger partial charge >= 0.3 is 5.97 Å². The lowest BCUT2D eigenvalue weighted by atomic mass is 10.1. The molecular formula is C13H14N2O5. The average molecular weight is 278 g/mol. The fourth-order valence-corrected chi connectivity index (χ4v) is 1.83. The van der Waals surface area contributed by atoms with E-state index < -0.39 is 36.0 Å². The van der Waals surface area contributed by atoms with Gasteiger partial charge in [0.25, 0.3) is 5.91 Å². The number of nitrogens with one attached hydrogen (secondary N) is 1. The van der Waals surface area contributed by atoms with Crippen molar-refractivity contribution in [2.24, 2.45) is 5.73 Å². The molecule has 1 heterocycles. The molecule has 0 saturated carbocycles. The van der Waals surface area contributed by atoms with Crippen molar-refractivity contribution in [3.05, 3.63) is 35.9 Å². The quantitative estimate of drug-likeness (QED) is 0.579. The summed E-state index contributed by atoms with van der Waals surface area (Å²) in [6.07, 6.45) is -1.95. The van der Waals surface area contributed by atoms with Crippen molar-refractivity contribution in [1.82, 2.24) is 5.32 Å². The molecule has 1 aromatic rings. The summed E-state index contributed by atoms with van der Waals surface area (Å²) in [6.45, 7) is 0. The summed E-state index contributed by atoms with van der Waals surface area (Å²) in [5, 5.41) is 11.1. The fourth-order valence-electron chi connectivity index (χ4n) is 1.83. The van der Waals surface area contributed by atoms with Crippen molar-refractivity contribution >= 4 is 17.8 Å². The first kappa shape index (κ1) is 14.0. The monoisotopic (exact) mass is 278 g/mol. The molecule has 7 nitrogen and oxygen atoms in total. The maximum atomic E-state index is 11.7. The number of hydrogen-bond acceptors (Lipinski definition) is 4. The van der Waals surface area contributed by atoms with Crippen LogP contribution in [0.25, 0.3) is 0 Å². The maximum Gasteiger partial charge on any atom is 0.336 e. The number of primary amides is 1. The summed E-state index contributed by atoms with van der Waals surface area (Å²) >= 11 is 0. The number of carboxylic acids is 1. The molecule has 4 N–H and O–H groups in total. The van der Waals surface area contributed by atoms with Crippen LogP contribution in [0.1, 0.15) is 5.56 Å². The number of carboxylic acid groups (broad SMARTS) is 1. The summed E-state index contributed by atoms with van der Waals surface area (Å²) in [5.74, 6) is -2.53. The van der Waals surface area contributed by atoms with E-state index in [1.807, 2.05) is 6.07 Å².